The summed E-state index contributed by atoms with van der Waals surface area (Å²) in [5, 5.41) is 0. The molecule has 0 aliphatic carbocycles. The summed E-state index contributed by atoms with van der Waals surface area (Å²) in [5.41, 5.74) is 0.682. The van der Waals surface area contributed by atoms with Crippen LogP contribution in [0.25, 0.3) is 6.08 Å². The van der Waals surface area contributed by atoms with E-state index in [2.05, 4.69) is 22.6 Å². The number of amides is 2. The number of thioether (sulfide) groups is 1. The summed E-state index contributed by atoms with van der Waals surface area (Å²) in [6, 6.07) is 13.1. The second-order valence-corrected chi connectivity index (χ2v) is 7.66. The van der Waals surface area contributed by atoms with Gasteiger partial charge in [0.2, 0.25) is 0 Å². The highest BCUT2D eigenvalue weighted by molar-refractivity contribution is 14.1. The number of nitrogens with zero attached hydrogens (tertiary/aromatic N) is 1. The van der Waals surface area contributed by atoms with Gasteiger partial charge in [0.05, 0.1) is 10.5 Å². The first-order chi connectivity index (χ1) is 11.5. The van der Waals surface area contributed by atoms with E-state index >= 15 is 0 Å². The summed E-state index contributed by atoms with van der Waals surface area (Å²) in [7, 11) is 0. The number of carbonyl (C=O) groups excluding carboxylic acids is 2. The third-order valence-electron chi connectivity index (χ3n) is 3.29. The average Bonchev–Trinajstić information content (AvgIpc) is 2.83. The van der Waals surface area contributed by atoms with Crippen molar-refractivity contribution in [2.45, 2.75) is 0 Å². The molecule has 0 atom stereocenters. The zero-order valence-corrected chi connectivity index (χ0v) is 15.8. The molecule has 1 aliphatic rings. The number of imide groups is 1. The number of rotatable bonds is 2. The molecule has 1 saturated heterocycles. The second-order valence-electron chi connectivity index (χ2n) is 4.82. The van der Waals surface area contributed by atoms with Crippen LogP contribution in [0.3, 0.4) is 0 Å². The molecule has 2 amide bonds. The Morgan fingerprint density at radius 2 is 1.83 bits per heavy atom. The maximum absolute atomic E-state index is 13.8. The largest absolute Gasteiger partial charge is 0.273 e. The van der Waals surface area contributed by atoms with E-state index in [1.165, 1.54) is 24.3 Å². The Bertz CT molecular complexity index is 898. The lowest BCUT2D eigenvalue weighted by atomic mass is 10.2. The van der Waals surface area contributed by atoms with Gasteiger partial charge in [-0.25, -0.2) is 9.29 Å². The fourth-order valence-corrected chi connectivity index (χ4v) is 3.92. The predicted octanol–water partition coefficient (Wildman–Crippen LogP) is 4.47. The standard InChI is InChI=1S/C17H9FINO2S2/c18-12-7-3-2-6-11(12)15(21)20-16(22)14(24-17(20)23)9-10-5-1-4-8-13(10)19/h1-9H/b14-9+. The molecule has 0 unspecified atom stereocenters. The van der Waals surface area contributed by atoms with Gasteiger partial charge in [-0.3, -0.25) is 9.59 Å². The van der Waals surface area contributed by atoms with Crippen molar-refractivity contribution in [1.82, 2.24) is 4.90 Å². The molecule has 7 heteroatoms. The molecule has 2 aromatic carbocycles. The van der Waals surface area contributed by atoms with Crippen LogP contribution in [0.5, 0.6) is 0 Å². The van der Waals surface area contributed by atoms with Gasteiger partial charge in [0, 0.05) is 3.57 Å². The highest BCUT2D eigenvalue weighted by Crippen LogP contribution is 2.34. The molecule has 120 valence electrons. The van der Waals surface area contributed by atoms with Gasteiger partial charge < -0.3 is 0 Å². The maximum Gasteiger partial charge on any atom is 0.273 e. The van der Waals surface area contributed by atoms with Crippen molar-refractivity contribution < 1.29 is 14.0 Å². The van der Waals surface area contributed by atoms with Crippen molar-refractivity contribution in [3.63, 3.8) is 0 Å². The Hall–Kier alpha value is -1.58. The summed E-state index contributed by atoms with van der Waals surface area (Å²) in [4.78, 5) is 26.2. The molecule has 0 saturated carbocycles. The summed E-state index contributed by atoms with van der Waals surface area (Å²) in [6.07, 6.45) is 1.69. The van der Waals surface area contributed by atoms with Crippen LogP contribution < -0.4 is 0 Å². The first-order valence-corrected chi connectivity index (χ1v) is 9.10. The fourth-order valence-electron chi connectivity index (χ4n) is 2.13. The van der Waals surface area contributed by atoms with Gasteiger partial charge in [-0.1, -0.05) is 54.3 Å². The Kier molecular flexibility index (Phi) is 5.12. The number of thiocarbonyl (C=S) groups is 1. The van der Waals surface area contributed by atoms with Crippen LogP contribution in [0, 0.1) is 9.39 Å². The van der Waals surface area contributed by atoms with Crippen molar-refractivity contribution in [1.29, 1.82) is 0 Å². The molecular weight excluding hydrogens is 460 g/mol. The van der Waals surface area contributed by atoms with E-state index in [1.807, 2.05) is 24.3 Å². The van der Waals surface area contributed by atoms with E-state index in [1.54, 1.807) is 6.08 Å². The number of benzene rings is 2. The van der Waals surface area contributed by atoms with Gasteiger partial charge in [0.25, 0.3) is 11.8 Å². The van der Waals surface area contributed by atoms with Gasteiger partial charge in [-0.2, -0.15) is 0 Å². The molecule has 1 aliphatic heterocycles. The van der Waals surface area contributed by atoms with E-state index in [-0.39, 0.29) is 9.88 Å². The minimum absolute atomic E-state index is 0.102. The average molecular weight is 469 g/mol. The van der Waals surface area contributed by atoms with Crippen LogP contribution in [-0.4, -0.2) is 21.0 Å². The minimum atomic E-state index is -0.748. The van der Waals surface area contributed by atoms with Crippen LogP contribution >= 0.6 is 46.6 Å². The third-order valence-corrected chi connectivity index (χ3v) is 5.58. The van der Waals surface area contributed by atoms with Gasteiger partial charge in [0.1, 0.15) is 5.82 Å². The van der Waals surface area contributed by atoms with E-state index < -0.39 is 17.6 Å². The monoisotopic (exact) mass is 469 g/mol. The van der Waals surface area contributed by atoms with Gasteiger partial charge in [0.15, 0.2) is 4.32 Å². The molecule has 1 heterocycles. The maximum atomic E-state index is 13.8. The highest BCUT2D eigenvalue weighted by atomic mass is 127. The Labute approximate surface area is 161 Å². The van der Waals surface area contributed by atoms with Crippen LogP contribution in [0.15, 0.2) is 53.4 Å². The second kappa shape index (κ2) is 7.12. The van der Waals surface area contributed by atoms with Crippen molar-refractivity contribution in [2.75, 3.05) is 0 Å². The van der Waals surface area contributed by atoms with Gasteiger partial charge in [-0.15, -0.1) is 0 Å². The molecule has 24 heavy (non-hydrogen) atoms. The topological polar surface area (TPSA) is 37.4 Å². The third kappa shape index (κ3) is 3.28. The highest BCUT2D eigenvalue weighted by Gasteiger charge is 2.38. The number of carbonyl (C=O) groups is 2. The lowest BCUT2D eigenvalue weighted by Crippen LogP contribution is -2.35. The van der Waals surface area contributed by atoms with Crippen LogP contribution in [0.1, 0.15) is 15.9 Å². The van der Waals surface area contributed by atoms with Crippen LogP contribution in [-0.2, 0) is 4.79 Å². The lowest BCUT2D eigenvalue weighted by molar-refractivity contribution is -0.120. The molecule has 3 nitrogen and oxygen atoms in total. The van der Waals surface area contributed by atoms with Crippen molar-refractivity contribution >= 4 is 68.8 Å². The summed E-state index contributed by atoms with van der Waals surface area (Å²) >= 11 is 8.35. The van der Waals surface area contributed by atoms with E-state index in [4.69, 9.17) is 12.2 Å². The number of hydrogen-bond donors (Lipinski definition) is 0. The number of halogens is 2. The zero-order chi connectivity index (χ0) is 17.3. The summed E-state index contributed by atoms with van der Waals surface area (Å²) < 4.78 is 14.9. The molecule has 0 aromatic heterocycles. The SMILES string of the molecule is O=C1/C(=C\c2ccccc2I)SC(=S)N1C(=O)c1ccccc1F. The predicted molar refractivity (Wildman–Crippen MR) is 105 cm³/mol. The number of hydrogen-bond acceptors (Lipinski definition) is 4. The van der Waals surface area contributed by atoms with Crippen molar-refractivity contribution in [3.8, 4) is 0 Å². The first kappa shape index (κ1) is 17.2. The van der Waals surface area contributed by atoms with Crippen molar-refractivity contribution in [3.05, 3.63) is 74.0 Å². The minimum Gasteiger partial charge on any atom is -0.268 e. The Morgan fingerprint density at radius 1 is 1.17 bits per heavy atom. The molecule has 0 bridgehead atoms. The summed E-state index contributed by atoms with van der Waals surface area (Å²) in [6.45, 7) is 0. The summed E-state index contributed by atoms with van der Waals surface area (Å²) in [5.74, 6) is -1.96. The molecule has 0 N–H and O–H groups in total. The van der Waals surface area contributed by atoms with Crippen LogP contribution in [0.2, 0.25) is 0 Å². The quantitative estimate of drug-likeness (QED) is 0.282. The molecule has 3 rings (SSSR count). The molecule has 2 aromatic rings. The van der Waals surface area contributed by atoms with Gasteiger partial charge in [-0.05, 0) is 52.4 Å². The van der Waals surface area contributed by atoms with Crippen molar-refractivity contribution in [2.24, 2.45) is 0 Å². The van der Waals surface area contributed by atoms with Gasteiger partial charge >= 0.3 is 0 Å². The molecular formula is C17H9FINO2S2. The van der Waals surface area contributed by atoms with E-state index in [0.717, 1.165) is 25.8 Å². The van der Waals surface area contributed by atoms with E-state index in [9.17, 15) is 14.0 Å². The first-order valence-electron chi connectivity index (χ1n) is 6.80. The van der Waals surface area contributed by atoms with E-state index in [0.29, 0.717) is 4.91 Å². The van der Waals surface area contributed by atoms with Crippen LogP contribution in [0.4, 0.5) is 4.39 Å². The lowest BCUT2D eigenvalue weighted by Gasteiger charge is -2.12. The Morgan fingerprint density at radius 3 is 2.54 bits per heavy atom. The molecule has 0 radical (unpaired) electrons. The molecule has 0 spiro atoms. The normalized spacial score (nSPS) is 16.1. The Balaban J connectivity index is 1.94. The smallest absolute Gasteiger partial charge is 0.268 e. The fraction of sp³-hybridized carbons (Fsp3) is 0. The zero-order valence-electron chi connectivity index (χ0n) is 12.0. The molecule has 1 fully saturated rings.